The van der Waals surface area contributed by atoms with Crippen molar-refractivity contribution in [2.24, 2.45) is 5.73 Å². The molecule has 0 bridgehead atoms. The minimum Gasteiger partial charge on any atom is -0.322 e. The second-order valence-electron chi connectivity index (χ2n) is 3.91. The van der Waals surface area contributed by atoms with Crippen molar-refractivity contribution < 1.29 is 8.78 Å². The molecule has 0 saturated heterocycles. The predicted molar refractivity (Wildman–Crippen MR) is 57.4 cm³/mol. The first-order valence-electron chi connectivity index (χ1n) is 4.80. The van der Waals surface area contributed by atoms with E-state index in [-0.39, 0.29) is 12.2 Å². The van der Waals surface area contributed by atoms with Crippen LogP contribution in [0.1, 0.15) is 25.3 Å². The van der Waals surface area contributed by atoms with E-state index in [4.69, 9.17) is 5.73 Å². The van der Waals surface area contributed by atoms with Gasteiger partial charge in [-0.3, -0.25) is 0 Å². The molecule has 1 nitrogen and oxygen atoms in total. The molecule has 82 valence electrons. The van der Waals surface area contributed by atoms with Gasteiger partial charge in [-0.25, -0.2) is 8.78 Å². The molecule has 1 atom stereocenters. The molecule has 3 heteroatoms. The molecular formula is C12H15F2N. The van der Waals surface area contributed by atoms with Crippen LogP contribution in [-0.2, 0) is 5.54 Å². The average Bonchev–Trinajstić information content (AvgIpc) is 2.15. The maximum Gasteiger partial charge on any atom is 0.128 e. The Labute approximate surface area is 88.6 Å². The molecule has 0 unspecified atom stereocenters. The van der Waals surface area contributed by atoms with Gasteiger partial charge in [-0.1, -0.05) is 24.8 Å². The van der Waals surface area contributed by atoms with Crippen molar-refractivity contribution >= 4 is 0 Å². The van der Waals surface area contributed by atoms with Gasteiger partial charge in [0.25, 0.3) is 0 Å². The van der Waals surface area contributed by atoms with Crippen LogP contribution in [0.25, 0.3) is 0 Å². The Morgan fingerprint density at radius 3 is 2.60 bits per heavy atom. The van der Waals surface area contributed by atoms with E-state index < -0.39 is 11.4 Å². The van der Waals surface area contributed by atoms with E-state index in [0.29, 0.717) is 12.0 Å². The van der Waals surface area contributed by atoms with Crippen LogP contribution in [0, 0.1) is 5.82 Å². The van der Waals surface area contributed by atoms with Gasteiger partial charge in [0.05, 0.1) is 5.83 Å². The van der Waals surface area contributed by atoms with Crippen LogP contribution >= 0.6 is 0 Å². The number of hydrogen-bond donors (Lipinski definition) is 1. The van der Waals surface area contributed by atoms with Crippen molar-refractivity contribution in [1.82, 2.24) is 0 Å². The minimum absolute atomic E-state index is 0.154. The van der Waals surface area contributed by atoms with E-state index in [1.807, 2.05) is 0 Å². The maximum atomic E-state index is 13.4. The Balaban J connectivity index is 2.85. The summed E-state index contributed by atoms with van der Waals surface area (Å²) in [5, 5.41) is 0. The summed E-state index contributed by atoms with van der Waals surface area (Å²) in [6, 6.07) is 6.29. The summed E-state index contributed by atoms with van der Waals surface area (Å²) < 4.78 is 25.9. The Morgan fingerprint density at radius 2 is 2.07 bits per heavy atom. The molecule has 0 amide bonds. The third-order valence-corrected chi connectivity index (χ3v) is 2.40. The highest BCUT2D eigenvalue weighted by atomic mass is 19.1. The molecule has 1 aromatic carbocycles. The molecule has 0 saturated carbocycles. The normalized spacial score (nSPS) is 14.7. The summed E-state index contributed by atoms with van der Waals surface area (Å²) in [5.41, 5.74) is 5.49. The zero-order valence-electron chi connectivity index (χ0n) is 8.76. The van der Waals surface area contributed by atoms with Crippen molar-refractivity contribution in [2.75, 3.05) is 0 Å². The SMILES string of the molecule is C=C(F)CC[C@](C)(N)c1ccccc1F. The first kappa shape index (κ1) is 11.9. The van der Waals surface area contributed by atoms with Gasteiger partial charge in [0.15, 0.2) is 0 Å². The fraction of sp³-hybridized carbons (Fsp3) is 0.333. The fourth-order valence-electron chi connectivity index (χ4n) is 1.45. The van der Waals surface area contributed by atoms with E-state index >= 15 is 0 Å². The standard InChI is InChI=1S/C12H15F2N/c1-9(13)7-8-12(2,15)10-5-3-4-6-11(10)14/h3-6H,1,7-8,15H2,2H3/t12-/m0/s1. The Hall–Kier alpha value is -1.22. The lowest BCUT2D eigenvalue weighted by atomic mass is 9.88. The highest BCUT2D eigenvalue weighted by Crippen LogP contribution is 2.26. The predicted octanol–water partition coefficient (Wildman–Crippen LogP) is 3.26. The van der Waals surface area contributed by atoms with Crippen LogP contribution in [0.15, 0.2) is 36.7 Å². The Bertz CT molecular complexity index is 358. The van der Waals surface area contributed by atoms with E-state index in [2.05, 4.69) is 6.58 Å². The van der Waals surface area contributed by atoms with Gasteiger partial charge in [0, 0.05) is 17.5 Å². The molecule has 0 aromatic heterocycles. The van der Waals surface area contributed by atoms with Gasteiger partial charge in [0.2, 0.25) is 0 Å². The third kappa shape index (κ3) is 3.13. The monoisotopic (exact) mass is 211 g/mol. The molecule has 0 spiro atoms. The number of benzene rings is 1. The van der Waals surface area contributed by atoms with E-state index in [9.17, 15) is 8.78 Å². The summed E-state index contributed by atoms with van der Waals surface area (Å²) in [5.74, 6) is -0.782. The lowest BCUT2D eigenvalue weighted by Crippen LogP contribution is -2.33. The summed E-state index contributed by atoms with van der Waals surface area (Å²) in [6.45, 7) is 4.85. The second kappa shape index (κ2) is 4.53. The first-order chi connectivity index (χ1) is 6.93. The Morgan fingerprint density at radius 1 is 1.47 bits per heavy atom. The van der Waals surface area contributed by atoms with Crippen LogP contribution in [-0.4, -0.2) is 0 Å². The van der Waals surface area contributed by atoms with Crippen molar-refractivity contribution in [3.63, 3.8) is 0 Å². The van der Waals surface area contributed by atoms with Crippen molar-refractivity contribution in [3.8, 4) is 0 Å². The molecule has 1 rings (SSSR count). The molecule has 0 aliphatic rings. The Kier molecular flexibility index (Phi) is 3.58. The summed E-state index contributed by atoms with van der Waals surface area (Å²) in [4.78, 5) is 0. The van der Waals surface area contributed by atoms with Crippen LogP contribution in [0.5, 0.6) is 0 Å². The number of halogens is 2. The maximum absolute atomic E-state index is 13.4. The highest BCUT2D eigenvalue weighted by Gasteiger charge is 2.24. The van der Waals surface area contributed by atoms with Gasteiger partial charge in [-0.15, -0.1) is 0 Å². The van der Waals surface area contributed by atoms with E-state index in [0.717, 1.165) is 0 Å². The highest BCUT2D eigenvalue weighted by molar-refractivity contribution is 5.25. The molecule has 2 N–H and O–H groups in total. The van der Waals surface area contributed by atoms with Crippen molar-refractivity contribution in [3.05, 3.63) is 48.1 Å². The van der Waals surface area contributed by atoms with Crippen LogP contribution in [0.2, 0.25) is 0 Å². The number of hydrogen-bond acceptors (Lipinski definition) is 1. The van der Waals surface area contributed by atoms with Crippen molar-refractivity contribution in [2.45, 2.75) is 25.3 Å². The van der Waals surface area contributed by atoms with Crippen LogP contribution in [0.3, 0.4) is 0 Å². The molecule has 0 aliphatic carbocycles. The van der Waals surface area contributed by atoms with Gasteiger partial charge in [-0.05, 0) is 19.4 Å². The van der Waals surface area contributed by atoms with E-state index in [1.165, 1.54) is 6.07 Å². The minimum atomic E-state index is -0.861. The van der Waals surface area contributed by atoms with Gasteiger partial charge in [-0.2, -0.15) is 0 Å². The summed E-state index contributed by atoms with van der Waals surface area (Å²) >= 11 is 0. The number of allylic oxidation sites excluding steroid dienone is 1. The quantitative estimate of drug-likeness (QED) is 0.812. The molecule has 0 aliphatic heterocycles. The topological polar surface area (TPSA) is 26.0 Å². The fourth-order valence-corrected chi connectivity index (χ4v) is 1.45. The molecule has 0 heterocycles. The van der Waals surface area contributed by atoms with E-state index in [1.54, 1.807) is 25.1 Å². The summed E-state index contributed by atoms with van der Waals surface area (Å²) in [7, 11) is 0. The van der Waals surface area contributed by atoms with Gasteiger partial charge >= 0.3 is 0 Å². The third-order valence-electron chi connectivity index (χ3n) is 2.40. The lowest BCUT2D eigenvalue weighted by Gasteiger charge is -2.25. The zero-order valence-corrected chi connectivity index (χ0v) is 8.76. The summed E-state index contributed by atoms with van der Waals surface area (Å²) in [6.07, 6.45) is 0.491. The van der Waals surface area contributed by atoms with Crippen LogP contribution < -0.4 is 5.73 Å². The number of nitrogens with two attached hydrogens (primary N) is 1. The largest absolute Gasteiger partial charge is 0.322 e. The average molecular weight is 211 g/mol. The van der Waals surface area contributed by atoms with Gasteiger partial charge in [0.1, 0.15) is 5.82 Å². The van der Waals surface area contributed by atoms with Crippen molar-refractivity contribution in [1.29, 1.82) is 0 Å². The van der Waals surface area contributed by atoms with Crippen LogP contribution in [0.4, 0.5) is 8.78 Å². The molecule has 0 fully saturated rings. The number of rotatable bonds is 4. The molecule has 0 radical (unpaired) electrons. The smallest absolute Gasteiger partial charge is 0.128 e. The first-order valence-corrected chi connectivity index (χ1v) is 4.80. The lowest BCUT2D eigenvalue weighted by molar-refractivity contribution is 0.408. The molecular weight excluding hydrogens is 196 g/mol. The zero-order chi connectivity index (χ0) is 11.5. The molecule has 15 heavy (non-hydrogen) atoms. The molecule has 1 aromatic rings. The second-order valence-corrected chi connectivity index (χ2v) is 3.91. The van der Waals surface area contributed by atoms with Gasteiger partial charge < -0.3 is 5.73 Å².